The van der Waals surface area contributed by atoms with Gasteiger partial charge in [0.05, 0.1) is 5.02 Å². The average molecular weight is 345 g/mol. The maximum absolute atomic E-state index is 13.1. The molecular weight excluding hydrogens is 319 g/mol. The van der Waals surface area contributed by atoms with E-state index < -0.39 is 11.4 Å². The van der Waals surface area contributed by atoms with Gasteiger partial charge in [-0.2, -0.15) is 0 Å². The van der Waals surface area contributed by atoms with Gasteiger partial charge in [-0.3, -0.25) is 0 Å². The summed E-state index contributed by atoms with van der Waals surface area (Å²) in [6, 6.07) is 4.68. The van der Waals surface area contributed by atoms with E-state index >= 15 is 0 Å². The monoisotopic (exact) mass is 344 g/mol. The van der Waals surface area contributed by atoms with Crippen LogP contribution in [0.5, 0.6) is 0 Å². The number of carbonyl (C=O) groups excluding carboxylic acids is 1. The molecule has 0 atom stereocenters. The zero-order valence-electron chi connectivity index (χ0n) is 14.3. The highest BCUT2D eigenvalue weighted by Gasteiger charge is 2.20. The SMILES string of the molecule is CCN(CCCNCc1ccc(F)c(Cl)c1)C(=O)OC(C)(C)C. The van der Waals surface area contributed by atoms with Gasteiger partial charge in [0.1, 0.15) is 11.4 Å². The molecule has 0 aromatic heterocycles. The van der Waals surface area contributed by atoms with E-state index in [2.05, 4.69) is 5.32 Å². The van der Waals surface area contributed by atoms with Crippen LogP contribution < -0.4 is 5.32 Å². The van der Waals surface area contributed by atoms with E-state index in [0.717, 1.165) is 18.5 Å². The van der Waals surface area contributed by atoms with Crippen molar-refractivity contribution < 1.29 is 13.9 Å². The van der Waals surface area contributed by atoms with Gasteiger partial charge in [0.15, 0.2) is 0 Å². The molecule has 0 spiro atoms. The molecule has 0 unspecified atom stereocenters. The molecule has 130 valence electrons. The lowest BCUT2D eigenvalue weighted by atomic mass is 10.2. The number of amides is 1. The Morgan fingerprint density at radius 3 is 2.65 bits per heavy atom. The third-order valence-electron chi connectivity index (χ3n) is 3.13. The Hall–Kier alpha value is -1.33. The molecule has 0 saturated heterocycles. The molecule has 0 fully saturated rings. The quantitative estimate of drug-likeness (QED) is 0.753. The van der Waals surface area contributed by atoms with Gasteiger partial charge in [0.2, 0.25) is 0 Å². The number of nitrogens with zero attached hydrogens (tertiary/aromatic N) is 1. The summed E-state index contributed by atoms with van der Waals surface area (Å²) in [7, 11) is 0. The Bertz CT molecular complexity index is 518. The highest BCUT2D eigenvalue weighted by Crippen LogP contribution is 2.15. The summed E-state index contributed by atoms with van der Waals surface area (Å²) in [6.07, 6.45) is 0.521. The van der Waals surface area contributed by atoms with Gasteiger partial charge in [-0.25, -0.2) is 9.18 Å². The van der Waals surface area contributed by atoms with E-state index in [0.29, 0.717) is 19.6 Å². The van der Waals surface area contributed by atoms with E-state index in [4.69, 9.17) is 16.3 Å². The van der Waals surface area contributed by atoms with Gasteiger partial charge in [0, 0.05) is 19.6 Å². The fourth-order valence-electron chi connectivity index (χ4n) is 1.98. The molecule has 0 aliphatic heterocycles. The van der Waals surface area contributed by atoms with Crippen molar-refractivity contribution in [1.29, 1.82) is 0 Å². The maximum Gasteiger partial charge on any atom is 0.410 e. The molecule has 0 aliphatic carbocycles. The van der Waals surface area contributed by atoms with E-state index in [9.17, 15) is 9.18 Å². The summed E-state index contributed by atoms with van der Waals surface area (Å²) >= 11 is 5.74. The lowest BCUT2D eigenvalue weighted by Gasteiger charge is -2.26. The molecule has 1 aromatic rings. The molecule has 0 bridgehead atoms. The fraction of sp³-hybridized carbons (Fsp3) is 0.588. The summed E-state index contributed by atoms with van der Waals surface area (Å²) in [5.41, 5.74) is 0.445. The normalized spacial score (nSPS) is 11.4. The summed E-state index contributed by atoms with van der Waals surface area (Å²) in [4.78, 5) is 13.7. The van der Waals surface area contributed by atoms with E-state index in [1.807, 2.05) is 27.7 Å². The van der Waals surface area contributed by atoms with Crippen molar-refractivity contribution in [2.75, 3.05) is 19.6 Å². The van der Waals surface area contributed by atoms with Crippen molar-refractivity contribution in [3.05, 3.63) is 34.6 Å². The summed E-state index contributed by atoms with van der Waals surface area (Å²) < 4.78 is 18.4. The van der Waals surface area contributed by atoms with Crippen molar-refractivity contribution >= 4 is 17.7 Å². The fourth-order valence-corrected chi connectivity index (χ4v) is 2.19. The number of halogens is 2. The molecule has 4 nitrogen and oxygen atoms in total. The second-order valence-corrected chi connectivity index (χ2v) is 6.75. The Morgan fingerprint density at radius 2 is 2.09 bits per heavy atom. The highest BCUT2D eigenvalue weighted by atomic mass is 35.5. The first kappa shape index (κ1) is 19.7. The third-order valence-corrected chi connectivity index (χ3v) is 3.42. The first-order chi connectivity index (χ1) is 10.7. The van der Waals surface area contributed by atoms with Crippen molar-refractivity contribution in [2.45, 2.75) is 46.3 Å². The minimum atomic E-state index is -0.482. The first-order valence-electron chi connectivity index (χ1n) is 7.85. The van der Waals surface area contributed by atoms with Gasteiger partial charge in [-0.15, -0.1) is 0 Å². The maximum atomic E-state index is 13.1. The van der Waals surface area contributed by atoms with Crippen molar-refractivity contribution in [1.82, 2.24) is 10.2 Å². The molecule has 6 heteroatoms. The number of ether oxygens (including phenoxy) is 1. The van der Waals surface area contributed by atoms with Crippen LogP contribution in [0.25, 0.3) is 0 Å². The Kier molecular flexibility index (Phi) is 7.79. The zero-order valence-corrected chi connectivity index (χ0v) is 15.0. The Labute approximate surface area is 142 Å². The van der Waals surface area contributed by atoms with Crippen molar-refractivity contribution in [3.8, 4) is 0 Å². The predicted molar refractivity (Wildman–Crippen MR) is 91.2 cm³/mol. The van der Waals surface area contributed by atoms with E-state index in [-0.39, 0.29) is 11.1 Å². The van der Waals surface area contributed by atoms with Crippen molar-refractivity contribution in [3.63, 3.8) is 0 Å². The van der Waals surface area contributed by atoms with E-state index in [1.165, 1.54) is 6.07 Å². The summed E-state index contributed by atoms with van der Waals surface area (Å²) in [6.45, 7) is 10.1. The summed E-state index contributed by atoms with van der Waals surface area (Å²) in [5.74, 6) is -0.411. The molecule has 1 amide bonds. The Balaban J connectivity index is 2.29. The smallest absolute Gasteiger partial charge is 0.410 e. The highest BCUT2D eigenvalue weighted by molar-refractivity contribution is 6.30. The largest absolute Gasteiger partial charge is 0.444 e. The number of benzene rings is 1. The van der Waals surface area contributed by atoms with Gasteiger partial charge < -0.3 is 15.0 Å². The second kappa shape index (κ2) is 9.08. The number of hydrogen-bond acceptors (Lipinski definition) is 3. The lowest BCUT2D eigenvalue weighted by molar-refractivity contribution is 0.0258. The lowest BCUT2D eigenvalue weighted by Crippen LogP contribution is -2.38. The van der Waals surface area contributed by atoms with Crippen molar-refractivity contribution in [2.24, 2.45) is 0 Å². The van der Waals surface area contributed by atoms with Crippen LogP contribution in [0.4, 0.5) is 9.18 Å². The summed E-state index contributed by atoms with van der Waals surface area (Å²) in [5, 5.41) is 3.39. The minimum absolute atomic E-state index is 0.131. The molecule has 0 heterocycles. The standard InChI is InChI=1S/C17H26ClFN2O2/c1-5-21(16(22)23-17(2,3)4)10-6-9-20-12-13-7-8-15(19)14(18)11-13/h7-8,11,20H,5-6,9-10,12H2,1-4H3. The van der Waals surface area contributed by atoms with Crippen LogP contribution in [-0.4, -0.2) is 36.2 Å². The van der Waals surface area contributed by atoms with Crippen LogP contribution in [-0.2, 0) is 11.3 Å². The van der Waals surface area contributed by atoms with Gasteiger partial charge in [-0.1, -0.05) is 17.7 Å². The predicted octanol–water partition coefficient (Wildman–Crippen LogP) is 4.22. The number of rotatable bonds is 7. The van der Waals surface area contributed by atoms with Crippen LogP contribution >= 0.6 is 11.6 Å². The topological polar surface area (TPSA) is 41.6 Å². The van der Waals surface area contributed by atoms with Crippen LogP contribution in [0.2, 0.25) is 5.02 Å². The molecule has 23 heavy (non-hydrogen) atoms. The average Bonchev–Trinajstić information content (AvgIpc) is 2.44. The number of hydrogen-bond donors (Lipinski definition) is 1. The Morgan fingerprint density at radius 1 is 1.39 bits per heavy atom. The number of carbonyl (C=O) groups is 1. The molecule has 0 aliphatic rings. The van der Waals surface area contributed by atoms with Gasteiger partial charge in [-0.05, 0) is 58.4 Å². The molecule has 1 rings (SSSR count). The minimum Gasteiger partial charge on any atom is -0.444 e. The van der Waals surface area contributed by atoms with Crippen LogP contribution in [0, 0.1) is 5.82 Å². The molecule has 1 aromatic carbocycles. The zero-order chi connectivity index (χ0) is 17.5. The second-order valence-electron chi connectivity index (χ2n) is 6.34. The number of nitrogens with one attached hydrogen (secondary N) is 1. The first-order valence-corrected chi connectivity index (χ1v) is 8.23. The van der Waals surface area contributed by atoms with Gasteiger partial charge in [0.25, 0.3) is 0 Å². The van der Waals surface area contributed by atoms with Gasteiger partial charge >= 0.3 is 6.09 Å². The molecule has 0 saturated carbocycles. The van der Waals surface area contributed by atoms with E-state index in [1.54, 1.807) is 17.0 Å². The third kappa shape index (κ3) is 7.66. The molecule has 1 N–H and O–H groups in total. The molecular formula is C17H26ClFN2O2. The van der Waals surface area contributed by atoms with Crippen LogP contribution in [0.3, 0.4) is 0 Å². The van der Waals surface area contributed by atoms with Crippen LogP contribution in [0.1, 0.15) is 39.7 Å². The van der Waals surface area contributed by atoms with Crippen LogP contribution in [0.15, 0.2) is 18.2 Å². The molecule has 0 radical (unpaired) electrons.